The Morgan fingerprint density at radius 2 is 1.84 bits per heavy atom. The van der Waals surface area contributed by atoms with Gasteiger partial charge in [0.05, 0.1) is 18.4 Å². The van der Waals surface area contributed by atoms with Crippen LogP contribution < -0.4 is 10.1 Å². The molecule has 0 saturated carbocycles. The quantitative estimate of drug-likeness (QED) is 0.404. The monoisotopic (exact) mass is 429 g/mol. The molecule has 0 fully saturated rings. The maximum Gasteiger partial charge on any atom is 0.255 e. The van der Waals surface area contributed by atoms with Crippen LogP contribution in [0, 0.1) is 5.82 Å². The van der Waals surface area contributed by atoms with E-state index < -0.39 is 0 Å². The summed E-state index contributed by atoms with van der Waals surface area (Å²) >= 11 is 0. The molecule has 0 atom stereocenters. The van der Waals surface area contributed by atoms with E-state index in [1.165, 1.54) is 11.6 Å². The van der Waals surface area contributed by atoms with Crippen molar-refractivity contribution in [3.63, 3.8) is 0 Å². The van der Waals surface area contributed by atoms with Crippen LogP contribution in [0.3, 0.4) is 0 Å². The number of amides is 1. The van der Waals surface area contributed by atoms with E-state index in [0.29, 0.717) is 23.4 Å². The van der Waals surface area contributed by atoms with Gasteiger partial charge in [-0.3, -0.25) is 9.48 Å². The van der Waals surface area contributed by atoms with Gasteiger partial charge in [-0.25, -0.2) is 4.39 Å². The standard InChI is InChI=1S/C26H24FN3O2/c1-2-19-10-12-24(13-11-19)32-18-20-6-5-8-21(14-20)26(31)29-23-15-28-30(17-23)16-22-7-3-4-9-25(22)27/h3-15,17H,2,16,18H2,1H3,(H,29,31). The summed E-state index contributed by atoms with van der Waals surface area (Å²) in [6.45, 7) is 2.77. The van der Waals surface area contributed by atoms with Crippen LogP contribution in [0.15, 0.2) is 85.2 Å². The number of carbonyl (C=O) groups is 1. The van der Waals surface area contributed by atoms with E-state index in [0.717, 1.165) is 17.7 Å². The smallest absolute Gasteiger partial charge is 0.255 e. The molecule has 3 aromatic carbocycles. The molecule has 0 spiro atoms. The molecule has 0 aliphatic heterocycles. The Bertz CT molecular complexity index is 1200. The van der Waals surface area contributed by atoms with Crippen molar-refractivity contribution < 1.29 is 13.9 Å². The molecule has 0 aliphatic rings. The Labute approximate surface area is 186 Å². The summed E-state index contributed by atoms with van der Waals surface area (Å²) in [4.78, 5) is 12.7. The topological polar surface area (TPSA) is 56.1 Å². The second-order valence-corrected chi connectivity index (χ2v) is 7.46. The zero-order valence-electron chi connectivity index (χ0n) is 17.8. The first kappa shape index (κ1) is 21.3. The molecule has 5 nitrogen and oxygen atoms in total. The van der Waals surface area contributed by atoms with Gasteiger partial charge in [-0.2, -0.15) is 5.10 Å². The maximum atomic E-state index is 13.8. The first-order valence-corrected chi connectivity index (χ1v) is 10.5. The highest BCUT2D eigenvalue weighted by atomic mass is 19.1. The van der Waals surface area contributed by atoms with E-state index in [-0.39, 0.29) is 18.3 Å². The molecule has 1 amide bonds. The molecule has 0 saturated heterocycles. The minimum absolute atomic E-state index is 0.246. The Morgan fingerprint density at radius 3 is 2.62 bits per heavy atom. The normalized spacial score (nSPS) is 10.7. The minimum Gasteiger partial charge on any atom is -0.489 e. The number of ether oxygens (including phenoxy) is 1. The molecule has 0 bridgehead atoms. The number of aromatic nitrogens is 2. The summed E-state index contributed by atoms with van der Waals surface area (Å²) in [5.41, 5.74) is 3.75. The summed E-state index contributed by atoms with van der Waals surface area (Å²) < 4.78 is 21.3. The SMILES string of the molecule is CCc1ccc(OCc2cccc(C(=O)Nc3cnn(Cc4ccccc4F)c3)c2)cc1. The van der Waals surface area contributed by atoms with Crippen LogP contribution in [-0.4, -0.2) is 15.7 Å². The van der Waals surface area contributed by atoms with Gasteiger partial charge in [-0.15, -0.1) is 0 Å². The number of carbonyl (C=O) groups excluding carboxylic acids is 1. The summed E-state index contributed by atoms with van der Waals surface area (Å²) in [5.74, 6) is 0.262. The van der Waals surface area contributed by atoms with Gasteiger partial charge >= 0.3 is 0 Å². The third-order valence-corrected chi connectivity index (χ3v) is 5.11. The van der Waals surface area contributed by atoms with E-state index >= 15 is 0 Å². The molecule has 0 radical (unpaired) electrons. The number of benzene rings is 3. The first-order valence-electron chi connectivity index (χ1n) is 10.5. The number of hydrogen-bond donors (Lipinski definition) is 1. The summed E-state index contributed by atoms with van der Waals surface area (Å²) in [6.07, 6.45) is 4.21. The second kappa shape index (κ2) is 9.92. The molecule has 32 heavy (non-hydrogen) atoms. The Kier molecular flexibility index (Phi) is 6.60. The maximum absolute atomic E-state index is 13.8. The van der Waals surface area contributed by atoms with Gasteiger partial charge in [0.25, 0.3) is 5.91 Å². The third kappa shape index (κ3) is 5.40. The van der Waals surface area contributed by atoms with Crippen LogP contribution in [0.5, 0.6) is 5.75 Å². The lowest BCUT2D eigenvalue weighted by Crippen LogP contribution is -2.12. The predicted octanol–water partition coefficient (Wildman–Crippen LogP) is 5.46. The Hall–Kier alpha value is -3.93. The van der Waals surface area contributed by atoms with E-state index in [1.807, 2.05) is 36.4 Å². The molecular weight excluding hydrogens is 405 g/mol. The lowest BCUT2D eigenvalue weighted by atomic mass is 10.1. The fraction of sp³-hybridized carbons (Fsp3) is 0.154. The fourth-order valence-corrected chi connectivity index (χ4v) is 3.31. The van der Waals surface area contributed by atoms with Crippen molar-refractivity contribution in [1.29, 1.82) is 0 Å². The third-order valence-electron chi connectivity index (χ3n) is 5.11. The highest BCUT2D eigenvalue weighted by Gasteiger charge is 2.10. The van der Waals surface area contributed by atoms with Crippen LogP contribution in [0.1, 0.15) is 34.0 Å². The average Bonchev–Trinajstić information content (AvgIpc) is 3.26. The summed E-state index contributed by atoms with van der Waals surface area (Å²) in [6, 6.07) is 21.9. The first-order chi connectivity index (χ1) is 15.6. The minimum atomic E-state index is -0.283. The average molecular weight is 429 g/mol. The van der Waals surface area contributed by atoms with Crippen molar-refractivity contribution in [3.8, 4) is 5.75 Å². The van der Waals surface area contributed by atoms with Gasteiger partial charge in [0.1, 0.15) is 18.2 Å². The van der Waals surface area contributed by atoms with Crippen LogP contribution >= 0.6 is 0 Å². The van der Waals surface area contributed by atoms with Crippen molar-refractivity contribution in [1.82, 2.24) is 9.78 Å². The van der Waals surface area contributed by atoms with Gasteiger partial charge < -0.3 is 10.1 Å². The van der Waals surface area contributed by atoms with E-state index in [4.69, 9.17) is 4.74 Å². The van der Waals surface area contributed by atoms with E-state index in [9.17, 15) is 9.18 Å². The molecule has 0 unspecified atom stereocenters. The molecule has 1 aromatic heterocycles. The van der Waals surface area contributed by atoms with Gasteiger partial charge in [0, 0.05) is 17.3 Å². The fourth-order valence-electron chi connectivity index (χ4n) is 3.31. The van der Waals surface area contributed by atoms with Crippen molar-refractivity contribution in [2.24, 2.45) is 0 Å². The van der Waals surface area contributed by atoms with Crippen molar-refractivity contribution in [2.75, 3.05) is 5.32 Å². The number of hydrogen-bond acceptors (Lipinski definition) is 3. The summed E-state index contributed by atoms with van der Waals surface area (Å²) in [5, 5.41) is 7.04. The van der Waals surface area contributed by atoms with Crippen LogP contribution in [0.2, 0.25) is 0 Å². The Balaban J connectivity index is 1.36. The molecule has 1 heterocycles. The van der Waals surface area contributed by atoms with Gasteiger partial charge in [-0.1, -0.05) is 49.4 Å². The van der Waals surface area contributed by atoms with Crippen LogP contribution in [0.4, 0.5) is 10.1 Å². The summed E-state index contributed by atoms with van der Waals surface area (Å²) in [7, 11) is 0. The van der Waals surface area contributed by atoms with Crippen molar-refractivity contribution in [3.05, 3.63) is 113 Å². The van der Waals surface area contributed by atoms with E-state index in [2.05, 4.69) is 17.3 Å². The van der Waals surface area contributed by atoms with Gasteiger partial charge in [0.2, 0.25) is 0 Å². The molecule has 4 aromatic rings. The zero-order chi connectivity index (χ0) is 22.3. The molecule has 0 aliphatic carbocycles. The second-order valence-electron chi connectivity index (χ2n) is 7.46. The largest absolute Gasteiger partial charge is 0.489 e. The van der Waals surface area contributed by atoms with E-state index in [1.54, 1.807) is 47.4 Å². The van der Waals surface area contributed by atoms with Crippen molar-refractivity contribution in [2.45, 2.75) is 26.5 Å². The number of nitrogens with zero attached hydrogens (tertiary/aromatic N) is 2. The van der Waals surface area contributed by atoms with Crippen molar-refractivity contribution >= 4 is 11.6 Å². The zero-order valence-corrected chi connectivity index (χ0v) is 17.8. The number of aryl methyl sites for hydroxylation is 1. The molecule has 4 rings (SSSR count). The van der Waals surface area contributed by atoms with Gasteiger partial charge in [0.15, 0.2) is 0 Å². The number of nitrogens with one attached hydrogen (secondary N) is 1. The number of anilines is 1. The molecular formula is C26H24FN3O2. The highest BCUT2D eigenvalue weighted by Crippen LogP contribution is 2.16. The van der Waals surface area contributed by atoms with Crippen LogP contribution in [0.25, 0.3) is 0 Å². The molecule has 6 heteroatoms. The lowest BCUT2D eigenvalue weighted by Gasteiger charge is -2.09. The molecule has 1 N–H and O–H groups in total. The highest BCUT2D eigenvalue weighted by molar-refractivity contribution is 6.04. The predicted molar refractivity (Wildman–Crippen MR) is 122 cm³/mol. The van der Waals surface area contributed by atoms with Gasteiger partial charge in [-0.05, 0) is 47.9 Å². The van der Waals surface area contributed by atoms with Crippen LogP contribution in [-0.2, 0) is 19.6 Å². The lowest BCUT2D eigenvalue weighted by molar-refractivity contribution is 0.102. The Morgan fingerprint density at radius 1 is 1.03 bits per heavy atom. The molecule has 162 valence electrons. The number of rotatable bonds is 8. The number of halogens is 1.